The van der Waals surface area contributed by atoms with Crippen molar-refractivity contribution in [3.8, 4) is 0 Å². The van der Waals surface area contributed by atoms with Gasteiger partial charge in [-0.05, 0) is 12.8 Å². The summed E-state index contributed by atoms with van der Waals surface area (Å²) >= 11 is 0. The van der Waals surface area contributed by atoms with Crippen LogP contribution in [0, 0.1) is 5.41 Å². The molecule has 0 radical (unpaired) electrons. The van der Waals surface area contributed by atoms with Gasteiger partial charge in [-0.15, -0.1) is 0 Å². The van der Waals surface area contributed by atoms with Crippen LogP contribution in [-0.4, -0.2) is 36.5 Å². The van der Waals surface area contributed by atoms with E-state index in [0.29, 0.717) is 12.6 Å². The monoisotopic (exact) mass is 255 g/mol. The van der Waals surface area contributed by atoms with Crippen LogP contribution < -0.4 is 0 Å². The number of hydrogen-bond acceptors (Lipinski definition) is 3. The maximum absolute atomic E-state index is 12.4. The number of nitrogens with zero attached hydrogens (tertiary/aromatic N) is 1. The van der Waals surface area contributed by atoms with Crippen molar-refractivity contribution in [2.75, 3.05) is 13.7 Å². The molecule has 1 aliphatic rings. The summed E-state index contributed by atoms with van der Waals surface area (Å²) in [5.41, 5.74) is -0.390. The second-order valence-electron chi connectivity index (χ2n) is 6.01. The Morgan fingerprint density at radius 3 is 2.22 bits per heavy atom. The summed E-state index contributed by atoms with van der Waals surface area (Å²) in [5, 5.41) is 0. The van der Waals surface area contributed by atoms with E-state index < -0.39 is 5.41 Å². The molecule has 4 nitrogen and oxygen atoms in total. The van der Waals surface area contributed by atoms with Gasteiger partial charge in [-0.1, -0.05) is 33.6 Å². The van der Waals surface area contributed by atoms with Crippen LogP contribution in [0.25, 0.3) is 0 Å². The molecule has 0 unspecified atom stereocenters. The molecule has 0 heterocycles. The first kappa shape index (κ1) is 15.0. The Morgan fingerprint density at radius 2 is 1.78 bits per heavy atom. The second-order valence-corrected chi connectivity index (χ2v) is 6.01. The third kappa shape index (κ3) is 4.00. The van der Waals surface area contributed by atoms with E-state index in [1.54, 1.807) is 0 Å². The summed E-state index contributed by atoms with van der Waals surface area (Å²) in [6.45, 7) is 6.26. The second kappa shape index (κ2) is 6.21. The standard InChI is InChI=1S/C14H25NO3/c1-14(2,3)13(17)15(10-9-12(16)18-4)11-7-5-6-8-11/h11H,5-10H2,1-4H3. The summed E-state index contributed by atoms with van der Waals surface area (Å²) in [5.74, 6) is -0.113. The van der Waals surface area contributed by atoms with Crippen molar-refractivity contribution in [3.63, 3.8) is 0 Å². The lowest BCUT2D eigenvalue weighted by Crippen LogP contribution is -2.45. The van der Waals surface area contributed by atoms with E-state index in [0.717, 1.165) is 12.8 Å². The molecule has 1 fully saturated rings. The van der Waals surface area contributed by atoms with Crippen molar-refractivity contribution in [3.05, 3.63) is 0 Å². The van der Waals surface area contributed by atoms with Crippen LogP contribution in [0.1, 0.15) is 52.9 Å². The highest BCUT2D eigenvalue weighted by molar-refractivity contribution is 5.82. The Balaban J connectivity index is 2.68. The van der Waals surface area contributed by atoms with Crippen molar-refractivity contribution in [1.29, 1.82) is 0 Å². The molecule has 104 valence electrons. The van der Waals surface area contributed by atoms with E-state index in [1.807, 2.05) is 25.7 Å². The van der Waals surface area contributed by atoms with Crippen LogP contribution in [0.2, 0.25) is 0 Å². The SMILES string of the molecule is COC(=O)CCN(C(=O)C(C)(C)C)C1CCCC1. The molecule has 1 rings (SSSR count). The molecule has 0 aromatic rings. The van der Waals surface area contributed by atoms with E-state index in [9.17, 15) is 9.59 Å². The summed E-state index contributed by atoms with van der Waals surface area (Å²) < 4.78 is 4.65. The maximum atomic E-state index is 12.4. The van der Waals surface area contributed by atoms with Gasteiger partial charge in [-0.2, -0.15) is 0 Å². The normalized spacial score (nSPS) is 16.7. The van der Waals surface area contributed by atoms with Crippen LogP contribution in [0.15, 0.2) is 0 Å². The number of carbonyl (C=O) groups is 2. The zero-order chi connectivity index (χ0) is 13.8. The largest absolute Gasteiger partial charge is 0.469 e. The molecule has 1 amide bonds. The first-order valence-electron chi connectivity index (χ1n) is 6.74. The molecule has 0 bridgehead atoms. The lowest BCUT2D eigenvalue weighted by atomic mass is 9.93. The lowest BCUT2D eigenvalue weighted by Gasteiger charge is -2.34. The molecular formula is C14H25NO3. The molecule has 1 aliphatic carbocycles. The lowest BCUT2D eigenvalue weighted by molar-refractivity contribution is -0.145. The fraction of sp³-hybridized carbons (Fsp3) is 0.857. The van der Waals surface area contributed by atoms with Gasteiger partial charge in [-0.3, -0.25) is 9.59 Å². The molecule has 0 spiro atoms. The van der Waals surface area contributed by atoms with Crippen molar-refractivity contribution < 1.29 is 14.3 Å². The molecule has 0 aliphatic heterocycles. The van der Waals surface area contributed by atoms with Gasteiger partial charge in [0.1, 0.15) is 0 Å². The molecule has 0 aromatic carbocycles. The molecule has 0 N–H and O–H groups in total. The number of hydrogen-bond donors (Lipinski definition) is 0. The van der Waals surface area contributed by atoms with Crippen LogP contribution in [0.4, 0.5) is 0 Å². The predicted octanol–water partition coefficient (Wildman–Crippen LogP) is 2.37. The van der Waals surface area contributed by atoms with E-state index in [4.69, 9.17) is 0 Å². The third-order valence-corrected chi connectivity index (χ3v) is 3.45. The number of amides is 1. The van der Waals surface area contributed by atoms with Crippen molar-refractivity contribution in [2.45, 2.75) is 58.9 Å². The zero-order valence-corrected chi connectivity index (χ0v) is 12.0. The Labute approximate surface area is 110 Å². The Morgan fingerprint density at radius 1 is 1.22 bits per heavy atom. The smallest absolute Gasteiger partial charge is 0.307 e. The molecule has 4 heteroatoms. The van der Waals surface area contributed by atoms with Gasteiger partial charge >= 0.3 is 5.97 Å². The fourth-order valence-electron chi connectivity index (χ4n) is 2.41. The van der Waals surface area contributed by atoms with Crippen LogP contribution in [-0.2, 0) is 14.3 Å². The van der Waals surface area contributed by atoms with Gasteiger partial charge in [0.25, 0.3) is 0 Å². The average Bonchev–Trinajstić information content (AvgIpc) is 2.81. The topological polar surface area (TPSA) is 46.6 Å². The van der Waals surface area contributed by atoms with Gasteiger partial charge in [0.15, 0.2) is 0 Å². The third-order valence-electron chi connectivity index (χ3n) is 3.45. The molecule has 0 saturated heterocycles. The van der Waals surface area contributed by atoms with E-state index in [2.05, 4.69) is 4.74 Å². The highest BCUT2D eigenvalue weighted by Crippen LogP contribution is 2.28. The maximum Gasteiger partial charge on any atom is 0.307 e. The Kier molecular flexibility index (Phi) is 5.17. The van der Waals surface area contributed by atoms with Crippen molar-refractivity contribution in [1.82, 2.24) is 4.90 Å². The van der Waals surface area contributed by atoms with Gasteiger partial charge in [0.2, 0.25) is 5.91 Å². The van der Waals surface area contributed by atoms with Crippen LogP contribution in [0.3, 0.4) is 0 Å². The number of methoxy groups -OCH3 is 1. The summed E-state index contributed by atoms with van der Waals surface area (Å²) in [6.07, 6.45) is 4.76. The highest BCUT2D eigenvalue weighted by atomic mass is 16.5. The predicted molar refractivity (Wildman–Crippen MR) is 70.1 cm³/mol. The van der Waals surface area contributed by atoms with Gasteiger partial charge in [-0.25, -0.2) is 0 Å². The zero-order valence-electron chi connectivity index (χ0n) is 12.0. The summed E-state index contributed by atoms with van der Waals surface area (Å²) in [7, 11) is 1.38. The number of esters is 1. The van der Waals surface area contributed by atoms with Crippen molar-refractivity contribution >= 4 is 11.9 Å². The minimum atomic E-state index is -0.390. The first-order valence-corrected chi connectivity index (χ1v) is 6.74. The van der Waals surface area contributed by atoms with Gasteiger partial charge in [0.05, 0.1) is 13.5 Å². The van der Waals surface area contributed by atoms with Crippen LogP contribution >= 0.6 is 0 Å². The van der Waals surface area contributed by atoms with Crippen molar-refractivity contribution in [2.24, 2.45) is 5.41 Å². The van der Waals surface area contributed by atoms with Gasteiger partial charge in [0, 0.05) is 18.0 Å². The molecule has 1 saturated carbocycles. The first-order chi connectivity index (χ1) is 8.36. The highest BCUT2D eigenvalue weighted by Gasteiger charge is 2.33. The van der Waals surface area contributed by atoms with Gasteiger partial charge < -0.3 is 9.64 Å². The quantitative estimate of drug-likeness (QED) is 0.724. The van der Waals surface area contributed by atoms with E-state index >= 15 is 0 Å². The molecule has 18 heavy (non-hydrogen) atoms. The minimum Gasteiger partial charge on any atom is -0.469 e. The Hall–Kier alpha value is -1.06. The number of ether oxygens (including phenoxy) is 1. The summed E-state index contributed by atoms with van der Waals surface area (Å²) in [6, 6.07) is 0.307. The van der Waals surface area contributed by atoms with E-state index in [1.165, 1.54) is 20.0 Å². The number of rotatable bonds is 4. The fourth-order valence-corrected chi connectivity index (χ4v) is 2.41. The summed E-state index contributed by atoms with van der Waals surface area (Å²) in [4.78, 5) is 25.6. The van der Waals surface area contributed by atoms with E-state index in [-0.39, 0.29) is 18.3 Å². The molecular weight excluding hydrogens is 230 g/mol. The Bertz CT molecular complexity index is 301. The number of carbonyl (C=O) groups excluding carboxylic acids is 2. The average molecular weight is 255 g/mol. The minimum absolute atomic E-state index is 0.137. The molecule has 0 aromatic heterocycles. The van der Waals surface area contributed by atoms with Crippen LogP contribution in [0.5, 0.6) is 0 Å². The molecule has 0 atom stereocenters.